The Balaban J connectivity index is 0.000000153. The Hall–Kier alpha value is -4.39. The van der Waals surface area contributed by atoms with E-state index in [-0.39, 0.29) is 24.8 Å². The minimum atomic E-state index is 0. The maximum absolute atomic E-state index is 2.32. The summed E-state index contributed by atoms with van der Waals surface area (Å²) in [6.45, 7) is 6.57. The molecule has 9 aromatic rings. The van der Waals surface area contributed by atoms with Crippen LogP contribution in [0.1, 0.15) is 41.7 Å². The van der Waals surface area contributed by atoms with Gasteiger partial charge < -0.3 is 24.8 Å². The second kappa shape index (κ2) is 18.6. The van der Waals surface area contributed by atoms with Crippen molar-refractivity contribution < 1.29 is 49.0 Å². The van der Waals surface area contributed by atoms with Crippen LogP contribution in [0.4, 0.5) is 0 Å². The molecule has 0 aliphatic carbocycles. The van der Waals surface area contributed by atoms with Crippen LogP contribution in [0.2, 0.25) is 0 Å². The van der Waals surface area contributed by atoms with E-state index in [9.17, 15) is 0 Å². The van der Waals surface area contributed by atoms with Crippen LogP contribution in [-0.4, -0.2) is 3.21 Å². The third kappa shape index (κ3) is 9.05. The van der Waals surface area contributed by atoms with Gasteiger partial charge in [0.25, 0.3) is 0 Å². The summed E-state index contributed by atoms with van der Waals surface area (Å²) < 4.78 is 1.42. The zero-order valence-electron chi connectivity index (χ0n) is 30.4. The van der Waals surface area contributed by atoms with Crippen LogP contribution in [0.3, 0.4) is 0 Å². The van der Waals surface area contributed by atoms with Gasteiger partial charge in [0, 0.05) is 0 Å². The molecule has 262 valence electrons. The first-order valence-corrected chi connectivity index (χ1v) is 19.2. The molecule has 0 aliphatic heterocycles. The summed E-state index contributed by atoms with van der Waals surface area (Å²) in [5.41, 5.74) is 9.47. The van der Waals surface area contributed by atoms with Crippen molar-refractivity contribution in [2.75, 3.05) is 0 Å². The average Bonchev–Trinajstić information content (AvgIpc) is 3.77. The molecule has 0 unspecified atom stereocenters. The number of aryl methyl sites for hydroxylation is 3. The summed E-state index contributed by atoms with van der Waals surface area (Å²) in [5, 5.41) is 10.8. The third-order valence-electron chi connectivity index (χ3n) is 9.75. The van der Waals surface area contributed by atoms with Gasteiger partial charge in [-0.1, -0.05) is 110 Å². The van der Waals surface area contributed by atoms with E-state index in [0.29, 0.717) is 0 Å². The van der Waals surface area contributed by atoms with E-state index in [1.165, 1.54) is 109 Å². The van der Waals surface area contributed by atoms with Crippen molar-refractivity contribution >= 4 is 46.3 Å². The Morgan fingerprint density at radius 2 is 0.943 bits per heavy atom. The molecule has 0 spiro atoms. The number of hydrogen-bond acceptors (Lipinski definition) is 0. The van der Waals surface area contributed by atoms with E-state index in [0.717, 1.165) is 12.8 Å². The number of halogens is 2. The number of fused-ring (bicyclic) bond motifs is 5. The topological polar surface area (TPSA) is 0 Å². The Morgan fingerprint density at radius 3 is 1.51 bits per heavy atom. The van der Waals surface area contributed by atoms with Crippen molar-refractivity contribution in [2.24, 2.45) is 0 Å². The van der Waals surface area contributed by atoms with Crippen molar-refractivity contribution in [3.05, 3.63) is 204 Å². The predicted molar refractivity (Wildman–Crippen MR) is 219 cm³/mol. The first kappa shape index (κ1) is 39.8. The van der Waals surface area contributed by atoms with Gasteiger partial charge in [-0.3, -0.25) is 0 Å². The van der Waals surface area contributed by atoms with Crippen molar-refractivity contribution in [1.82, 2.24) is 0 Å². The fraction of sp³-hybridized carbons (Fsp3) is 0.100. The molecule has 0 saturated carbocycles. The maximum atomic E-state index is 2.32. The van der Waals surface area contributed by atoms with Gasteiger partial charge in [-0.05, 0) is 29.2 Å². The molecule has 0 bridgehead atoms. The molecule has 3 heteroatoms. The zero-order chi connectivity index (χ0) is 35.2. The molecule has 0 saturated heterocycles. The van der Waals surface area contributed by atoms with Gasteiger partial charge in [-0.25, -0.2) is 0 Å². The van der Waals surface area contributed by atoms with Crippen LogP contribution >= 0.6 is 0 Å². The van der Waals surface area contributed by atoms with Crippen molar-refractivity contribution in [1.29, 1.82) is 0 Å². The fourth-order valence-corrected chi connectivity index (χ4v) is 7.84. The van der Waals surface area contributed by atoms with Gasteiger partial charge in [-0.2, -0.15) is 6.07 Å². The van der Waals surface area contributed by atoms with E-state index in [2.05, 4.69) is 197 Å². The van der Waals surface area contributed by atoms with Gasteiger partial charge in [0.2, 0.25) is 0 Å². The van der Waals surface area contributed by atoms with Crippen LogP contribution < -0.4 is 24.8 Å². The molecular formula is C50H42Cl2Zr-2. The summed E-state index contributed by atoms with van der Waals surface area (Å²) in [7, 11) is 0. The second-order valence-corrected chi connectivity index (χ2v) is 14.4. The quantitative estimate of drug-likeness (QED) is 0.160. The van der Waals surface area contributed by atoms with Crippen molar-refractivity contribution in [3.8, 4) is 11.1 Å². The Bertz CT molecular complexity index is 2470. The molecular weight excluding hydrogens is 763 g/mol. The fourth-order valence-electron chi connectivity index (χ4n) is 7.02. The third-order valence-corrected chi connectivity index (χ3v) is 11.2. The molecule has 0 N–H and O–H groups in total. The first-order chi connectivity index (χ1) is 25.0. The Morgan fingerprint density at radius 1 is 0.453 bits per heavy atom. The van der Waals surface area contributed by atoms with E-state index in [1.54, 1.807) is 0 Å². The van der Waals surface area contributed by atoms with Crippen LogP contribution in [0, 0.1) is 6.92 Å². The summed E-state index contributed by atoms with van der Waals surface area (Å²) in [6.07, 6.45) is 2.22. The van der Waals surface area contributed by atoms with Gasteiger partial charge in [-0.15, -0.1) is 74.3 Å². The molecule has 0 heterocycles. The molecule has 9 rings (SSSR count). The van der Waals surface area contributed by atoms with Gasteiger partial charge in [0.15, 0.2) is 0 Å². The normalized spacial score (nSPS) is 10.5. The monoisotopic (exact) mass is 802 g/mol. The number of benzene rings is 7. The minimum absolute atomic E-state index is 0. The van der Waals surface area contributed by atoms with Gasteiger partial charge in [0.05, 0.1) is 0 Å². The standard InChI is InChI=1S/C20H15.C17H17.C13H10.2ClH.Zr/c1-14-12-16-8-5-11-19(20(16)13-14)18-10-4-7-15-6-2-3-9-17(15)18;1-3-12-5-7-16-14(9-12)11-15-10-13(4-2)6-8-17(15)16;1-3-7-12(8-4-1)11-13-9-5-2-6-10-13;;;/h2-13H,1H3;5-11H,3-4H2,1-2H3;1-10H;2*1H;/q2*-1;;;;+2/p-2. The molecule has 0 aliphatic rings. The molecule has 0 amide bonds. The van der Waals surface area contributed by atoms with Crippen LogP contribution in [0.15, 0.2) is 176 Å². The summed E-state index contributed by atoms with van der Waals surface area (Å²) in [5.74, 6) is 0. The zero-order valence-corrected chi connectivity index (χ0v) is 34.4. The van der Waals surface area contributed by atoms with Crippen molar-refractivity contribution in [3.63, 3.8) is 0 Å². The van der Waals surface area contributed by atoms with E-state index >= 15 is 0 Å². The molecule has 0 nitrogen and oxygen atoms in total. The first-order valence-electron chi connectivity index (χ1n) is 18.0. The summed E-state index contributed by atoms with van der Waals surface area (Å²) in [6, 6.07) is 63.3. The van der Waals surface area contributed by atoms with Crippen LogP contribution in [0.5, 0.6) is 0 Å². The summed E-state index contributed by atoms with van der Waals surface area (Å²) in [4.78, 5) is 0. The van der Waals surface area contributed by atoms with Gasteiger partial charge >= 0.3 is 99.2 Å². The number of hydrogen-bond donors (Lipinski definition) is 0. The predicted octanol–water partition coefficient (Wildman–Crippen LogP) is 7.33. The SMILES string of the molecule is CCc1ccc2c(c1)[cH-]c1cc(CC)ccc12.Cc1cc2c(-c3cccc4ccccc34)cccc2[cH-]1.[Cl-].[Cl-].[Zr+2]=[C](c1ccccc1)c1ccccc1. The average molecular weight is 805 g/mol. The molecule has 9 aromatic carbocycles. The molecule has 0 fully saturated rings. The molecule has 0 aromatic heterocycles. The Kier molecular flexibility index (Phi) is 14.0. The van der Waals surface area contributed by atoms with Crippen LogP contribution in [0.25, 0.3) is 54.2 Å². The van der Waals surface area contributed by atoms with E-state index < -0.39 is 0 Å². The molecule has 0 atom stereocenters. The van der Waals surface area contributed by atoms with E-state index in [4.69, 9.17) is 0 Å². The molecule has 0 radical (unpaired) electrons. The number of rotatable bonds is 5. The van der Waals surface area contributed by atoms with E-state index in [1.807, 2.05) is 0 Å². The van der Waals surface area contributed by atoms with Gasteiger partial charge in [0.1, 0.15) is 0 Å². The Labute approximate surface area is 341 Å². The van der Waals surface area contributed by atoms with Crippen molar-refractivity contribution in [2.45, 2.75) is 33.6 Å². The summed E-state index contributed by atoms with van der Waals surface area (Å²) >= 11 is 1.46. The van der Waals surface area contributed by atoms with Crippen LogP contribution in [-0.2, 0) is 37.1 Å². The molecule has 53 heavy (non-hydrogen) atoms. The second-order valence-electron chi connectivity index (χ2n) is 13.2.